The summed E-state index contributed by atoms with van der Waals surface area (Å²) < 4.78 is 19.2. The Bertz CT molecular complexity index is 599. The van der Waals surface area contributed by atoms with Crippen LogP contribution in [0.25, 0.3) is 0 Å². The van der Waals surface area contributed by atoms with Gasteiger partial charge < -0.3 is 9.84 Å². The van der Waals surface area contributed by atoms with E-state index in [0.717, 1.165) is 0 Å². The van der Waals surface area contributed by atoms with Crippen molar-refractivity contribution in [2.75, 3.05) is 7.11 Å². The van der Waals surface area contributed by atoms with Gasteiger partial charge in [0.15, 0.2) is 0 Å². The highest BCUT2D eigenvalue weighted by Gasteiger charge is 2.20. The molecule has 0 aliphatic carbocycles. The zero-order valence-electron chi connectivity index (χ0n) is 10.7. The van der Waals surface area contributed by atoms with Crippen LogP contribution in [0.5, 0.6) is 5.75 Å². The highest BCUT2D eigenvalue weighted by molar-refractivity contribution is 6.30. The molecule has 0 heterocycles. The van der Waals surface area contributed by atoms with Gasteiger partial charge in [0.25, 0.3) is 0 Å². The molecule has 2 aromatic rings. The molecule has 0 bridgehead atoms. The van der Waals surface area contributed by atoms with Crippen LogP contribution in [0.15, 0.2) is 36.4 Å². The summed E-state index contributed by atoms with van der Waals surface area (Å²) in [6, 6.07) is 9.78. The number of aliphatic hydroxyl groups is 1. The predicted octanol–water partition coefficient (Wildman–Crippen LogP) is 3.88. The summed E-state index contributed by atoms with van der Waals surface area (Å²) in [5.74, 6) is 0.0508. The first kappa shape index (κ1) is 13.8. The minimum atomic E-state index is -1.12. The normalized spacial score (nSPS) is 12.3. The van der Waals surface area contributed by atoms with Gasteiger partial charge in [0, 0.05) is 16.1 Å². The summed E-state index contributed by atoms with van der Waals surface area (Å²) in [5, 5.41) is 10.8. The zero-order valence-corrected chi connectivity index (χ0v) is 11.4. The molecule has 2 rings (SSSR count). The lowest BCUT2D eigenvalue weighted by atomic mass is 9.98. The molecule has 100 valence electrons. The fourth-order valence-electron chi connectivity index (χ4n) is 1.97. The summed E-state index contributed by atoms with van der Waals surface area (Å²) in [7, 11) is 1.49. The van der Waals surface area contributed by atoms with E-state index in [-0.39, 0.29) is 5.56 Å². The van der Waals surface area contributed by atoms with Gasteiger partial charge in [-0.25, -0.2) is 4.39 Å². The van der Waals surface area contributed by atoms with Crippen molar-refractivity contribution in [2.24, 2.45) is 0 Å². The van der Waals surface area contributed by atoms with Crippen molar-refractivity contribution in [3.05, 3.63) is 63.9 Å². The van der Waals surface area contributed by atoms with Crippen LogP contribution < -0.4 is 4.74 Å². The van der Waals surface area contributed by atoms with Crippen LogP contribution in [-0.4, -0.2) is 12.2 Å². The maximum Gasteiger partial charge on any atom is 0.132 e. The topological polar surface area (TPSA) is 29.5 Å². The Morgan fingerprint density at radius 2 is 1.95 bits per heavy atom. The van der Waals surface area contributed by atoms with E-state index in [0.29, 0.717) is 21.9 Å². The van der Waals surface area contributed by atoms with Crippen LogP contribution in [0.1, 0.15) is 22.8 Å². The third-order valence-corrected chi connectivity index (χ3v) is 3.24. The van der Waals surface area contributed by atoms with Gasteiger partial charge in [-0.15, -0.1) is 0 Å². The first-order chi connectivity index (χ1) is 9.04. The molecule has 2 nitrogen and oxygen atoms in total. The summed E-state index contributed by atoms with van der Waals surface area (Å²) in [4.78, 5) is 0. The van der Waals surface area contributed by atoms with E-state index >= 15 is 0 Å². The Labute approximate surface area is 116 Å². The Morgan fingerprint density at radius 1 is 1.21 bits per heavy atom. The van der Waals surface area contributed by atoms with Crippen LogP contribution >= 0.6 is 11.6 Å². The van der Waals surface area contributed by atoms with Crippen LogP contribution in [0.3, 0.4) is 0 Å². The van der Waals surface area contributed by atoms with E-state index in [2.05, 4.69) is 0 Å². The molecule has 0 spiro atoms. The van der Waals surface area contributed by atoms with Crippen molar-refractivity contribution < 1.29 is 14.2 Å². The Balaban J connectivity index is 2.52. The largest absolute Gasteiger partial charge is 0.496 e. The molecule has 0 saturated heterocycles. The molecule has 0 aromatic heterocycles. The lowest BCUT2D eigenvalue weighted by Gasteiger charge is -2.16. The second kappa shape index (κ2) is 5.59. The molecule has 0 amide bonds. The van der Waals surface area contributed by atoms with Gasteiger partial charge in [0.2, 0.25) is 0 Å². The van der Waals surface area contributed by atoms with Crippen molar-refractivity contribution >= 4 is 11.6 Å². The highest BCUT2D eigenvalue weighted by Crippen LogP contribution is 2.33. The lowest BCUT2D eigenvalue weighted by molar-refractivity contribution is 0.209. The second-order valence-corrected chi connectivity index (χ2v) is 4.70. The van der Waals surface area contributed by atoms with Gasteiger partial charge in [-0.3, -0.25) is 0 Å². The second-order valence-electron chi connectivity index (χ2n) is 4.27. The fraction of sp³-hybridized carbons (Fsp3) is 0.200. The Kier molecular flexibility index (Phi) is 4.08. The van der Waals surface area contributed by atoms with Crippen LogP contribution in [0.2, 0.25) is 5.02 Å². The molecule has 19 heavy (non-hydrogen) atoms. The molecular formula is C15H14ClFO2. The number of aryl methyl sites for hydroxylation is 1. The van der Waals surface area contributed by atoms with Crippen LogP contribution in [0.4, 0.5) is 4.39 Å². The number of hydrogen-bond donors (Lipinski definition) is 1. The lowest BCUT2D eigenvalue weighted by Crippen LogP contribution is -2.05. The van der Waals surface area contributed by atoms with E-state index in [1.54, 1.807) is 43.3 Å². The average Bonchev–Trinajstić information content (AvgIpc) is 2.41. The number of methoxy groups -OCH3 is 1. The van der Waals surface area contributed by atoms with E-state index in [1.165, 1.54) is 7.11 Å². The van der Waals surface area contributed by atoms with Crippen molar-refractivity contribution in [1.82, 2.24) is 0 Å². The molecule has 2 aromatic carbocycles. The van der Waals surface area contributed by atoms with Crippen LogP contribution in [0, 0.1) is 12.7 Å². The Hall–Kier alpha value is -1.58. The number of aliphatic hydroxyl groups excluding tert-OH is 1. The number of rotatable bonds is 3. The van der Waals surface area contributed by atoms with Gasteiger partial charge in [0.05, 0.1) is 7.11 Å². The molecule has 1 unspecified atom stereocenters. The average molecular weight is 281 g/mol. The molecule has 0 radical (unpaired) electrons. The number of ether oxygens (including phenoxy) is 1. The third kappa shape index (κ3) is 2.72. The van der Waals surface area contributed by atoms with Crippen molar-refractivity contribution in [2.45, 2.75) is 13.0 Å². The SMILES string of the molecule is COc1ccc(Cl)cc1C(O)c1cccc(C)c1F. The van der Waals surface area contributed by atoms with Gasteiger partial charge >= 0.3 is 0 Å². The summed E-state index contributed by atoms with van der Waals surface area (Å²) in [5.41, 5.74) is 1.14. The fourth-order valence-corrected chi connectivity index (χ4v) is 2.15. The molecule has 0 fully saturated rings. The van der Waals surface area contributed by atoms with E-state index in [4.69, 9.17) is 16.3 Å². The van der Waals surface area contributed by atoms with Crippen molar-refractivity contribution in [3.63, 3.8) is 0 Å². The minimum Gasteiger partial charge on any atom is -0.496 e. The summed E-state index contributed by atoms with van der Waals surface area (Å²) in [6.07, 6.45) is -1.12. The molecule has 0 aliphatic rings. The minimum absolute atomic E-state index is 0.209. The van der Waals surface area contributed by atoms with E-state index in [9.17, 15) is 9.50 Å². The third-order valence-electron chi connectivity index (χ3n) is 3.00. The van der Waals surface area contributed by atoms with E-state index < -0.39 is 11.9 Å². The van der Waals surface area contributed by atoms with Gasteiger partial charge in [-0.2, -0.15) is 0 Å². The molecule has 0 saturated carbocycles. The van der Waals surface area contributed by atoms with Gasteiger partial charge in [-0.1, -0.05) is 29.8 Å². The number of hydrogen-bond acceptors (Lipinski definition) is 2. The summed E-state index contributed by atoms with van der Waals surface area (Å²) >= 11 is 5.92. The molecular weight excluding hydrogens is 267 g/mol. The predicted molar refractivity (Wildman–Crippen MR) is 73.2 cm³/mol. The maximum atomic E-state index is 14.0. The number of benzene rings is 2. The standard InChI is InChI=1S/C15H14ClFO2/c1-9-4-3-5-11(14(9)17)15(18)12-8-10(16)6-7-13(12)19-2/h3-8,15,18H,1-2H3. The van der Waals surface area contributed by atoms with Crippen LogP contribution in [-0.2, 0) is 0 Å². The monoisotopic (exact) mass is 280 g/mol. The number of halogens is 2. The van der Waals surface area contributed by atoms with Gasteiger partial charge in [0.1, 0.15) is 17.7 Å². The van der Waals surface area contributed by atoms with Crippen molar-refractivity contribution in [3.8, 4) is 5.75 Å². The first-order valence-corrected chi connectivity index (χ1v) is 6.19. The molecule has 1 atom stereocenters. The zero-order chi connectivity index (χ0) is 14.0. The van der Waals surface area contributed by atoms with Crippen molar-refractivity contribution in [1.29, 1.82) is 0 Å². The molecule has 4 heteroatoms. The van der Waals surface area contributed by atoms with E-state index in [1.807, 2.05) is 0 Å². The molecule has 0 aliphatic heterocycles. The maximum absolute atomic E-state index is 14.0. The van der Waals surface area contributed by atoms with Gasteiger partial charge in [-0.05, 0) is 30.7 Å². The first-order valence-electron chi connectivity index (χ1n) is 5.81. The highest BCUT2D eigenvalue weighted by atomic mass is 35.5. The summed E-state index contributed by atoms with van der Waals surface area (Å²) in [6.45, 7) is 1.65. The Morgan fingerprint density at radius 3 is 2.63 bits per heavy atom. The molecule has 1 N–H and O–H groups in total. The quantitative estimate of drug-likeness (QED) is 0.924. The smallest absolute Gasteiger partial charge is 0.132 e.